The van der Waals surface area contributed by atoms with E-state index in [0.29, 0.717) is 16.5 Å². The van der Waals surface area contributed by atoms with Crippen molar-refractivity contribution in [2.45, 2.75) is 18.7 Å². The average molecular weight is 405 g/mol. The van der Waals surface area contributed by atoms with Gasteiger partial charge in [-0.2, -0.15) is 0 Å². The third-order valence-corrected chi connectivity index (χ3v) is 5.64. The van der Waals surface area contributed by atoms with Gasteiger partial charge in [0.25, 0.3) is 21.6 Å². The van der Waals surface area contributed by atoms with Gasteiger partial charge in [-0.05, 0) is 37.6 Å². The van der Waals surface area contributed by atoms with E-state index >= 15 is 0 Å². The highest BCUT2D eigenvalue weighted by Gasteiger charge is 2.22. The van der Waals surface area contributed by atoms with E-state index in [1.165, 1.54) is 49.7 Å². The van der Waals surface area contributed by atoms with Crippen molar-refractivity contribution >= 4 is 38.3 Å². The minimum Gasteiger partial charge on any atom is -0.461 e. The Morgan fingerprint density at radius 3 is 2.54 bits per heavy atom. The first-order valence-corrected chi connectivity index (χ1v) is 9.38. The zero-order valence-electron chi connectivity index (χ0n) is 14.7. The molecule has 3 rings (SSSR count). The number of aryl methyl sites for hydroxylation is 2. The minimum atomic E-state index is -4.14. The quantitative estimate of drug-likeness (QED) is 0.335. The maximum Gasteiger partial charge on any atom is 0.278 e. The first-order valence-electron chi connectivity index (χ1n) is 7.89. The van der Waals surface area contributed by atoms with Gasteiger partial charge in [0.2, 0.25) is 0 Å². The Kier molecular flexibility index (Phi) is 4.79. The van der Waals surface area contributed by atoms with E-state index in [4.69, 9.17) is 9.62 Å². The number of nitrogens with zero attached hydrogens (tertiary/aromatic N) is 1. The van der Waals surface area contributed by atoms with E-state index in [2.05, 4.69) is 4.72 Å². The van der Waals surface area contributed by atoms with Gasteiger partial charge in [-0.1, -0.05) is 6.07 Å². The fourth-order valence-corrected chi connectivity index (χ4v) is 4.14. The molecule has 0 saturated carbocycles. The van der Waals surface area contributed by atoms with Gasteiger partial charge in [-0.15, -0.1) is 0 Å². The molecule has 0 atom stereocenters. The Balaban J connectivity index is 2.06. The summed E-state index contributed by atoms with van der Waals surface area (Å²) < 4.78 is 33.2. The summed E-state index contributed by atoms with van der Waals surface area (Å²) in [7, 11) is -4.14. The number of hydrogen-bond acceptors (Lipinski definition) is 7. The molecule has 10 nitrogen and oxygen atoms in total. The molecule has 1 aromatic heterocycles. The first kappa shape index (κ1) is 19.3. The highest BCUT2D eigenvalue weighted by molar-refractivity contribution is 7.92. The molecule has 11 heteroatoms. The number of amides is 1. The number of carbonyl (C=O) groups is 1. The summed E-state index contributed by atoms with van der Waals surface area (Å²) >= 11 is 0. The summed E-state index contributed by atoms with van der Waals surface area (Å²) in [6, 6.07) is 7.81. The lowest BCUT2D eigenvalue weighted by Gasteiger charge is -2.10. The first-order chi connectivity index (χ1) is 13.1. The van der Waals surface area contributed by atoms with Crippen LogP contribution in [0.15, 0.2) is 45.7 Å². The van der Waals surface area contributed by atoms with Crippen molar-refractivity contribution in [2.75, 3.05) is 4.72 Å². The van der Waals surface area contributed by atoms with Crippen LogP contribution in [-0.4, -0.2) is 24.5 Å². The molecule has 3 N–H and O–H groups in total. The molecule has 0 spiro atoms. The third kappa shape index (κ3) is 3.40. The van der Waals surface area contributed by atoms with Crippen molar-refractivity contribution in [2.24, 2.45) is 0 Å². The summed E-state index contributed by atoms with van der Waals surface area (Å²) in [6.07, 6.45) is 0. The van der Waals surface area contributed by atoms with Crippen LogP contribution in [0.2, 0.25) is 0 Å². The van der Waals surface area contributed by atoms with Crippen LogP contribution in [-0.2, 0) is 10.0 Å². The van der Waals surface area contributed by atoms with Crippen LogP contribution >= 0.6 is 0 Å². The molecule has 3 aromatic rings. The van der Waals surface area contributed by atoms with Gasteiger partial charge < -0.3 is 4.42 Å². The zero-order valence-corrected chi connectivity index (χ0v) is 15.5. The predicted octanol–water partition coefficient (Wildman–Crippen LogP) is 2.88. The van der Waals surface area contributed by atoms with Crippen LogP contribution in [0.5, 0.6) is 0 Å². The van der Waals surface area contributed by atoms with Crippen molar-refractivity contribution in [3.05, 3.63) is 63.4 Å². The number of hydroxylamine groups is 1. The number of non-ortho nitro benzene ring substituents is 1. The lowest BCUT2D eigenvalue weighted by atomic mass is 10.1. The number of nitrogens with one attached hydrogen (secondary N) is 2. The molecule has 0 saturated heterocycles. The van der Waals surface area contributed by atoms with E-state index in [0.717, 1.165) is 6.07 Å². The Bertz CT molecular complexity index is 1210. The van der Waals surface area contributed by atoms with E-state index in [1.807, 2.05) is 0 Å². The van der Waals surface area contributed by atoms with Crippen LogP contribution < -0.4 is 10.2 Å². The van der Waals surface area contributed by atoms with Crippen LogP contribution in [0, 0.1) is 24.0 Å². The van der Waals surface area contributed by atoms with Gasteiger partial charge in [0.1, 0.15) is 11.3 Å². The summed E-state index contributed by atoms with van der Waals surface area (Å²) in [5, 5.41) is 20.1. The maximum atomic E-state index is 12.7. The molecule has 28 heavy (non-hydrogen) atoms. The van der Waals surface area contributed by atoms with Crippen molar-refractivity contribution in [3.63, 3.8) is 0 Å². The molecule has 0 aliphatic rings. The van der Waals surface area contributed by atoms with Crippen molar-refractivity contribution in [1.29, 1.82) is 0 Å². The number of furan rings is 1. The highest BCUT2D eigenvalue weighted by atomic mass is 32.2. The Hall–Kier alpha value is -3.44. The topological polar surface area (TPSA) is 152 Å². The number of anilines is 1. The average Bonchev–Trinajstić information content (AvgIpc) is 2.95. The molecule has 0 aliphatic heterocycles. The maximum absolute atomic E-state index is 12.7. The van der Waals surface area contributed by atoms with E-state index in [-0.39, 0.29) is 27.6 Å². The number of nitro groups is 1. The Morgan fingerprint density at radius 1 is 1.18 bits per heavy atom. The number of fused-ring (bicyclic) bond motifs is 1. The molecule has 0 unspecified atom stereocenters. The molecule has 2 aromatic carbocycles. The zero-order chi connectivity index (χ0) is 20.6. The minimum absolute atomic E-state index is 0.0603. The standard InChI is InChI=1S/C17H15N3O7S/c1-9-3-5-12(20(23)24)8-15(9)28(25,26)19-11-4-6-14-13(7-11)16(10(2)27-14)17(21)18-22/h3-8,19,22H,1-2H3,(H,18,21). The molecule has 1 amide bonds. The lowest BCUT2D eigenvalue weighted by Crippen LogP contribution is -2.19. The van der Waals surface area contributed by atoms with Gasteiger partial charge in [0, 0.05) is 23.2 Å². The van der Waals surface area contributed by atoms with Crippen molar-refractivity contribution < 1.29 is 27.8 Å². The Morgan fingerprint density at radius 2 is 1.89 bits per heavy atom. The number of sulfonamides is 1. The fourth-order valence-electron chi connectivity index (χ4n) is 2.82. The number of rotatable bonds is 5. The third-order valence-electron chi connectivity index (χ3n) is 4.12. The second-order valence-corrected chi connectivity index (χ2v) is 7.65. The molecule has 146 valence electrons. The Labute approximate surface area is 158 Å². The monoisotopic (exact) mass is 405 g/mol. The van der Waals surface area contributed by atoms with Crippen molar-refractivity contribution in [3.8, 4) is 0 Å². The molecular weight excluding hydrogens is 390 g/mol. The number of hydrogen-bond donors (Lipinski definition) is 3. The molecule has 1 heterocycles. The normalized spacial score (nSPS) is 11.4. The van der Waals surface area contributed by atoms with E-state index in [9.17, 15) is 23.3 Å². The van der Waals surface area contributed by atoms with Crippen LogP contribution in [0.1, 0.15) is 21.7 Å². The molecular formula is C17H15N3O7S. The van der Waals surface area contributed by atoms with Gasteiger partial charge in [-0.25, -0.2) is 13.9 Å². The smallest absolute Gasteiger partial charge is 0.278 e. The number of carbonyl (C=O) groups excluding carboxylic acids is 1. The number of benzene rings is 2. The van der Waals surface area contributed by atoms with Gasteiger partial charge in [0.15, 0.2) is 0 Å². The molecule has 0 radical (unpaired) electrons. The second kappa shape index (κ2) is 6.94. The summed E-state index contributed by atoms with van der Waals surface area (Å²) in [4.78, 5) is 21.9. The summed E-state index contributed by atoms with van der Waals surface area (Å²) in [6.45, 7) is 3.05. The van der Waals surface area contributed by atoms with Gasteiger partial charge in [-0.3, -0.25) is 24.8 Å². The highest BCUT2D eigenvalue weighted by Crippen LogP contribution is 2.30. The molecule has 0 fully saturated rings. The summed E-state index contributed by atoms with van der Waals surface area (Å²) in [5.41, 5.74) is 2.00. The predicted molar refractivity (Wildman–Crippen MR) is 98.8 cm³/mol. The van der Waals surface area contributed by atoms with Crippen LogP contribution in [0.25, 0.3) is 11.0 Å². The van der Waals surface area contributed by atoms with Gasteiger partial charge in [0.05, 0.1) is 15.4 Å². The van der Waals surface area contributed by atoms with E-state index in [1.54, 1.807) is 0 Å². The largest absolute Gasteiger partial charge is 0.461 e. The fraction of sp³-hybridized carbons (Fsp3) is 0.118. The molecule has 0 aliphatic carbocycles. The molecule has 0 bridgehead atoms. The lowest BCUT2D eigenvalue weighted by molar-refractivity contribution is -0.385. The summed E-state index contributed by atoms with van der Waals surface area (Å²) in [5.74, 6) is -0.554. The van der Waals surface area contributed by atoms with Crippen LogP contribution in [0.3, 0.4) is 0 Å². The van der Waals surface area contributed by atoms with E-state index < -0.39 is 20.9 Å². The van der Waals surface area contributed by atoms with Gasteiger partial charge >= 0.3 is 0 Å². The second-order valence-electron chi connectivity index (χ2n) is 6.00. The van der Waals surface area contributed by atoms with Crippen molar-refractivity contribution in [1.82, 2.24) is 5.48 Å². The SMILES string of the molecule is Cc1ccc([N+](=O)[O-])cc1S(=O)(=O)Nc1ccc2oc(C)c(C(=O)NO)c2c1. The van der Waals surface area contributed by atoms with Crippen LogP contribution in [0.4, 0.5) is 11.4 Å². The number of nitro benzene ring substituents is 1.